The summed E-state index contributed by atoms with van der Waals surface area (Å²) in [6, 6.07) is 26.9. The lowest BCUT2D eigenvalue weighted by Gasteiger charge is -2.38. The first-order valence-electron chi connectivity index (χ1n) is 13.9. The third-order valence-electron chi connectivity index (χ3n) is 5.97. The molecule has 3 rings (SSSR count). The molecule has 0 saturated heterocycles. The van der Waals surface area contributed by atoms with Crippen LogP contribution in [0.5, 0.6) is 0 Å². The first-order valence-corrected chi connectivity index (χ1v) is 15.3. The minimum absolute atomic E-state index is 0.427. The number of ether oxygens (including phenoxy) is 6. The minimum atomic E-state index is -1.34. The van der Waals surface area contributed by atoms with Gasteiger partial charge < -0.3 is 28.4 Å². The van der Waals surface area contributed by atoms with Crippen molar-refractivity contribution in [1.82, 2.24) is 0 Å². The summed E-state index contributed by atoms with van der Waals surface area (Å²) in [4.78, 5) is 0. The topological polar surface area (TPSA) is 55.4 Å². The van der Waals surface area contributed by atoms with Gasteiger partial charge in [0.25, 0.3) is 0 Å². The molecule has 0 bridgehead atoms. The van der Waals surface area contributed by atoms with Crippen LogP contribution in [0.4, 0.5) is 0 Å². The summed E-state index contributed by atoms with van der Waals surface area (Å²) >= 11 is 0. The molecular weight excluding hydrogens is 511 g/mol. The Morgan fingerprint density at radius 3 is 1.08 bits per heavy atom. The Kier molecular flexibility index (Phi) is 12.5. The quantitative estimate of drug-likeness (QED) is 0.153. The summed E-state index contributed by atoms with van der Waals surface area (Å²) < 4.78 is 37.6. The minimum Gasteiger partial charge on any atom is -0.324 e. The largest absolute Gasteiger partial charge is 0.324 e. The molecule has 0 aliphatic rings. The highest BCUT2D eigenvalue weighted by Crippen LogP contribution is 2.42. The molecule has 7 heteroatoms. The average Bonchev–Trinajstić information content (AvgIpc) is 2.95. The van der Waals surface area contributed by atoms with Gasteiger partial charge in [-0.3, -0.25) is 0 Å². The fourth-order valence-electron chi connectivity index (χ4n) is 4.70. The number of benzene rings is 3. The molecule has 0 radical (unpaired) electrons. The molecular formula is C32H43O6P. The van der Waals surface area contributed by atoms with Crippen LogP contribution in [0.1, 0.15) is 52.7 Å². The molecule has 0 amide bonds. The lowest BCUT2D eigenvalue weighted by Crippen LogP contribution is -2.43. The van der Waals surface area contributed by atoms with Crippen LogP contribution in [0.15, 0.2) is 78.9 Å². The second-order valence-corrected chi connectivity index (χ2v) is 10.6. The smallest absolute Gasteiger partial charge is 0.312 e. The fraction of sp³-hybridized carbons (Fsp3) is 0.438. The van der Waals surface area contributed by atoms with Crippen molar-refractivity contribution in [3.05, 3.63) is 90.0 Å². The van der Waals surface area contributed by atoms with Crippen molar-refractivity contribution in [3.63, 3.8) is 0 Å². The molecule has 212 valence electrons. The van der Waals surface area contributed by atoms with E-state index in [4.69, 9.17) is 28.4 Å². The maximum Gasteiger partial charge on any atom is 0.312 e. The fourth-order valence-corrected chi connectivity index (χ4v) is 7.36. The molecule has 0 aliphatic carbocycles. The third-order valence-corrected chi connectivity index (χ3v) is 8.53. The van der Waals surface area contributed by atoms with Crippen molar-refractivity contribution >= 4 is 23.8 Å². The number of hydrogen-bond donors (Lipinski definition) is 0. The summed E-state index contributed by atoms with van der Waals surface area (Å²) in [6.45, 7) is 14.3. The van der Waals surface area contributed by atoms with E-state index in [-0.39, 0.29) is 0 Å². The van der Waals surface area contributed by atoms with Gasteiger partial charge in [-0.2, -0.15) is 0 Å². The highest BCUT2D eigenvalue weighted by atomic mass is 31.1. The van der Waals surface area contributed by atoms with Crippen molar-refractivity contribution in [3.8, 4) is 0 Å². The zero-order valence-corrected chi connectivity index (χ0v) is 25.0. The van der Waals surface area contributed by atoms with Crippen LogP contribution in [0.2, 0.25) is 0 Å². The molecule has 0 saturated carbocycles. The zero-order chi connectivity index (χ0) is 28.1. The van der Waals surface area contributed by atoms with Gasteiger partial charge in [-0.05, 0) is 65.4 Å². The number of hydrogen-bond acceptors (Lipinski definition) is 6. The van der Waals surface area contributed by atoms with Gasteiger partial charge in [0.15, 0.2) is 0 Å². The second kappa shape index (κ2) is 15.6. The molecule has 3 aromatic rings. The molecule has 0 aliphatic heterocycles. The molecule has 0 heterocycles. The Balaban J connectivity index is 2.38. The van der Waals surface area contributed by atoms with E-state index in [0.29, 0.717) is 39.6 Å². The standard InChI is InChI=1S/C32H43O6P/c1-7-33-31(34-8-2,35-9-3)27-22-16-18-24-29(27)39(26-20-14-13-15-21-26)30-25-19-17-23-28(30)32(36-10-4,37-11-5)38-12-6/h13-25H,7-12H2,1-6H3. The van der Waals surface area contributed by atoms with E-state index in [2.05, 4.69) is 48.5 Å². The summed E-state index contributed by atoms with van der Waals surface area (Å²) in [5.41, 5.74) is 1.69. The molecule has 0 fully saturated rings. The van der Waals surface area contributed by atoms with Crippen molar-refractivity contribution in [2.75, 3.05) is 39.6 Å². The summed E-state index contributed by atoms with van der Waals surface area (Å²) in [5, 5.41) is 3.27. The molecule has 6 nitrogen and oxygen atoms in total. The third kappa shape index (κ3) is 7.14. The van der Waals surface area contributed by atoms with Gasteiger partial charge in [-0.25, -0.2) is 0 Å². The maximum atomic E-state index is 6.26. The van der Waals surface area contributed by atoms with Crippen LogP contribution < -0.4 is 15.9 Å². The van der Waals surface area contributed by atoms with Gasteiger partial charge in [-0.15, -0.1) is 0 Å². The van der Waals surface area contributed by atoms with Gasteiger partial charge in [0, 0.05) is 50.8 Å². The Morgan fingerprint density at radius 2 is 0.744 bits per heavy atom. The summed E-state index contributed by atoms with van der Waals surface area (Å²) in [7, 11) is -1.16. The van der Waals surface area contributed by atoms with Gasteiger partial charge in [0.05, 0.1) is 0 Å². The van der Waals surface area contributed by atoms with Crippen LogP contribution in [-0.2, 0) is 40.4 Å². The van der Waals surface area contributed by atoms with E-state index in [1.165, 1.54) is 0 Å². The molecule has 39 heavy (non-hydrogen) atoms. The van der Waals surface area contributed by atoms with E-state index in [1.807, 2.05) is 71.9 Å². The van der Waals surface area contributed by atoms with E-state index in [1.54, 1.807) is 0 Å². The first-order chi connectivity index (χ1) is 19.1. The lowest BCUT2D eigenvalue weighted by molar-refractivity contribution is -0.389. The molecule has 3 aromatic carbocycles. The Bertz CT molecular complexity index is 1020. The van der Waals surface area contributed by atoms with Crippen LogP contribution in [0, 0.1) is 0 Å². The second-order valence-electron chi connectivity index (χ2n) is 8.42. The van der Waals surface area contributed by atoms with Gasteiger partial charge in [0.2, 0.25) is 0 Å². The highest BCUT2D eigenvalue weighted by molar-refractivity contribution is 7.80. The predicted octanol–water partition coefficient (Wildman–Crippen LogP) is 5.88. The monoisotopic (exact) mass is 554 g/mol. The number of rotatable bonds is 17. The van der Waals surface area contributed by atoms with Crippen molar-refractivity contribution in [1.29, 1.82) is 0 Å². The van der Waals surface area contributed by atoms with Crippen LogP contribution >= 0.6 is 7.92 Å². The van der Waals surface area contributed by atoms with E-state index in [9.17, 15) is 0 Å². The Labute approximate surface area is 235 Å². The molecule has 0 unspecified atom stereocenters. The van der Waals surface area contributed by atoms with Crippen LogP contribution in [0.3, 0.4) is 0 Å². The molecule has 0 atom stereocenters. The van der Waals surface area contributed by atoms with Gasteiger partial charge in [0.1, 0.15) is 0 Å². The normalized spacial score (nSPS) is 12.3. The average molecular weight is 555 g/mol. The zero-order valence-electron chi connectivity index (χ0n) is 24.1. The lowest BCUT2D eigenvalue weighted by atomic mass is 10.1. The Morgan fingerprint density at radius 1 is 0.436 bits per heavy atom. The SMILES string of the molecule is CCOC(OCC)(OCC)c1ccccc1P(c1ccccc1)c1ccccc1C(OCC)(OCC)OCC. The predicted molar refractivity (Wildman–Crippen MR) is 158 cm³/mol. The Hall–Kier alpha value is -2.15. The maximum absolute atomic E-state index is 6.26. The van der Waals surface area contributed by atoms with Gasteiger partial charge in [-0.1, -0.05) is 78.9 Å². The van der Waals surface area contributed by atoms with E-state index in [0.717, 1.165) is 27.0 Å². The molecule has 0 N–H and O–H groups in total. The van der Waals surface area contributed by atoms with E-state index >= 15 is 0 Å². The first kappa shape index (κ1) is 31.4. The summed E-state index contributed by atoms with van der Waals surface area (Å²) in [6.07, 6.45) is 0. The van der Waals surface area contributed by atoms with Crippen molar-refractivity contribution < 1.29 is 28.4 Å². The van der Waals surface area contributed by atoms with Crippen LogP contribution in [-0.4, -0.2) is 39.6 Å². The van der Waals surface area contributed by atoms with E-state index < -0.39 is 19.9 Å². The summed E-state index contributed by atoms with van der Waals surface area (Å²) in [5.74, 6) is -2.67. The highest BCUT2D eigenvalue weighted by Gasteiger charge is 2.42. The van der Waals surface area contributed by atoms with Crippen molar-refractivity contribution in [2.45, 2.75) is 53.5 Å². The van der Waals surface area contributed by atoms with Gasteiger partial charge >= 0.3 is 11.9 Å². The molecule has 0 spiro atoms. The molecule has 0 aromatic heterocycles. The van der Waals surface area contributed by atoms with Crippen LogP contribution in [0.25, 0.3) is 0 Å². The van der Waals surface area contributed by atoms with Crippen molar-refractivity contribution in [2.24, 2.45) is 0 Å².